The lowest BCUT2D eigenvalue weighted by molar-refractivity contribution is 0.296. The van der Waals surface area contributed by atoms with E-state index in [0.29, 0.717) is 29.6 Å². The van der Waals surface area contributed by atoms with Gasteiger partial charge in [-0.1, -0.05) is 12.1 Å². The Balaban J connectivity index is 1.83. The second kappa shape index (κ2) is 4.33. The smallest absolute Gasteiger partial charge is 0.255 e. The third-order valence-electron chi connectivity index (χ3n) is 2.54. The van der Waals surface area contributed by atoms with E-state index in [9.17, 15) is 0 Å². The monoisotopic (exact) mass is 241 g/mol. The summed E-state index contributed by atoms with van der Waals surface area (Å²) in [5.41, 5.74) is 6.39. The maximum absolute atomic E-state index is 5.79. The Hall–Kier alpha value is -2.63. The van der Waals surface area contributed by atoms with Crippen molar-refractivity contribution < 1.29 is 4.74 Å². The summed E-state index contributed by atoms with van der Waals surface area (Å²) in [6.45, 7) is 0.293. The molecule has 0 fully saturated rings. The molecule has 3 rings (SSSR count). The molecule has 18 heavy (non-hydrogen) atoms. The molecule has 0 saturated heterocycles. The highest BCUT2D eigenvalue weighted by Gasteiger charge is 2.07. The van der Waals surface area contributed by atoms with Crippen LogP contribution in [0.4, 0.5) is 5.69 Å². The predicted octanol–water partition coefficient (Wildman–Crippen LogP) is 1.29. The molecule has 0 unspecified atom stereocenters. The van der Waals surface area contributed by atoms with Gasteiger partial charge in [-0.2, -0.15) is 0 Å². The SMILES string of the molecule is Nc1ccccc1OCc1nnc2ncccn12. The number of hydrogen-bond acceptors (Lipinski definition) is 5. The van der Waals surface area contributed by atoms with E-state index >= 15 is 0 Å². The summed E-state index contributed by atoms with van der Waals surface area (Å²) in [5.74, 6) is 1.87. The Morgan fingerprint density at radius 2 is 2.06 bits per heavy atom. The van der Waals surface area contributed by atoms with E-state index < -0.39 is 0 Å². The van der Waals surface area contributed by atoms with Gasteiger partial charge in [0.25, 0.3) is 5.78 Å². The molecule has 0 aliphatic rings. The van der Waals surface area contributed by atoms with Crippen molar-refractivity contribution in [3.8, 4) is 5.75 Å². The average molecular weight is 241 g/mol. The van der Waals surface area contributed by atoms with E-state index in [1.54, 1.807) is 16.7 Å². The molecule has 0 spiro atoms. The van der Waals surface area contributed by atoms with Gasteiger partial charge >= 0.3 is 0 Å². The van der Waals surface area contributed by atoms with Crippen LogP contribution in [0, 0.1) is 0 Å². The molecule has 2 heterocycles. The van der Waals surface area contributed by atoms with E-state index in [0.717, 1.165) is 0 Å². The summed E-state index contributed by atoms with van der Waals surface area (Å²) < 4.78 is 7.39. The molecule has 0 aliphatic heterocycles. The third-order valence-corrected chi connectivity index (χ3v) is 2.54. The zero-order valence-electron chi connectivity index (χ0n) is 9.52. The van der Waals surface area contributed by atoms with Crippen molar-refractivity contribution in [3.05, 3.63) is 48.5 Å². The van der Waals surface area contributed by atoms with Crippen LogP contribution in [0.2, 0.25) is 0 Å². The normalized spacial score (nSPS) is 10.7. The number of nitrogen functional groups attached to an aromatic ring is 1. The molecule has 3 aromatic rings. The van der Waals surface area contributed by atoms with Crippen LogP contribution in [0.25, 0.3) is 5.78 Å². The number of benzene rings is 1. The van der Waals surface area contributed by atoms with Crippen LogP contribution in [-0.2, 0) is 6.61 Å². The highest BCUT2D eigenvalue weighted by Crippen LogP contribution is 2.20. The zero-order valence-corrected chi connectivity index (χ0v) is 9.52. The van der Waals surface area contributed by atoms with Crippen molar-refractivity contribution >= 4 is 11.5 Å². The van der Waals surface area contributed by atoms with Crippen molar-refractivity contribution in [2.24, 2.45) is 0 Å². The van der Waals surface area contributed by atoms with E-state index in [2.05, 4.69) is 15.2 Å². The molecule has 6 nitrogen and oxygen atoms in total. The molecule has 1 aromatic carbocycles. The van der Waals surface area contributed by atoms with Gasteiger partial charge in [0.05, 0.1) is 5.69 Å². The highest BCUT2D eigenvalue weighted by atomic mass is 16.5. The number of rotatable bonds is 3. The van der Waals surface area contributed by atoms with E-state index in [4.69, 9.17) is 10.5 Å². The van der Waals surface area contributed by atoms with Crippen molar-refractivity contribution in [2.75, 3.05) is 5.73 Å². The third kappa shape index (κ3) is 1.84. The maximum atomic E-state index is 5.79. The first-order valence-electron chi connectivity index (χ1n) is 5.46. The minimum Gasteiger partial charge on any atom is -0.483 e. The first-order valence-corrected chi connectivity index (χ1v) is 5.46. The molecule has 0 amide bonds. The zero-order chi connectivity index (χ0) is 12.4. The largest absolute Gasteiger partial charge is 0.483 e. The Bertz CT molecular complexity index is 679. The second-order valence-corrected chi connectivity index (χ2v) is 3.73. The van der Waals surface area contributed by atoms with Gasteiger partial charge in [0, 0.05) is 12.4 Å². The van der Waals surface area contributed by atoms with Crippen molar-refractivity contribution in [1.82, 2.24) is 19.6 Å². The minimum absolute atomic E-state index is 0.293. The number of ether oxygens (including phenoxy) is 1. The minimum atomic E-state index is 0.293. The molecule has 6 heteroatoms. The van der Waals surface area contributed by atoms with Crippen LogP contribution in [0.5, 0.6) is 5.75 Å². The fraction of sp³-hybridized carbons (Fsp3) is 0.0833. The van der Waals surface area contributed by atoms with Gasteiger partial charge < -0.3 is 10.5 Å². The molecular weight excluding hydrogens is 230 g/mol. The number of nitrogens with zero attached hydrogens (tertiary/aromatic N) is 4. The van der Waals surface area contributed by atoms with E-state index in [-0.39, 0.29) is 0 Å². The summed E-state index contributed by atoms with van der Waals surface area (Å²) in [4.78, 5) is 4.08. The van der Waals surface area contributed by atoms with Crippen LogP contribution in [0.3, 0.4) is 0 Å². The molecule has 0 bridgehead atoms. The molecule has 90 valence electrons. The summed E-state index contributed by atoms with van der Waals surface area (Å²) in [7, 11) is 0. The Morgan fingerprint density at radius 3 is 2.94 bits per heavy atom. The van der Waals surface area contributed by atoms with Crippen molar-refractivity contribution in [1.29, 1.82) is 0 Å². The number of nitrogens with two attached hydrogens (primary N) is 1. The van der Waals surface area contributed by atoms with Gasteiger partial charge in [0.15, 0.2) is 5.82 Å². The fourth-order valence-electron chi connectivity index (χ4n) is 1.64. The van der Waals surface area contributed by atoms with Crippen LogP contribution in [0.1, 0.15) is 5.82 Å². The lowest BCUT2D eigenvalue weighted by Gasteiger charge is -2.06. The second-order valence-electron chi connectivity index (χ2n) is 3.73. The predicted molar refractivity (Wildman–Crippen MR) is 66.0 cm³/mol. The van der Waals surface area contributed by atoms with Gasteiger partial charge in [-0.15, -0.1) is 10.2 Å². The number of para-hydroxylation sites is 2. The Kier molecular flexibility index (Phi) is 2.53. The van der Waals surface area contributed by atoms with Crippen LogP contribution >= 0.6 is 0 Å². The van der Waals surface area contributed by atoms with Crippen molar-refractivity contribution in [2.45, 2.75) is 6.61 Å². The lowest BCUT2D eigenvalue weighted by Crippen LogP contribution is -2.03. The summed E-state index contributed by atoms with van der Waals surface area (Å²) >= 11 is 0. The standard InChI is InChI=1S/C12H11N5O/c13-9-4-1-2-5-10(9)18-8-11-15-16-12-14-6-3-7-17(11)12/h1-7H,8,13H2. The summed E-state index contributed by atoms with van der Waals surface area (Å²) in [6, 6.07) is 9.15. The molecule has 0 saturated carbocycles. The first-order chi connectivity index (χ1) is 8.84. The Morgan fingerprint density at radius 1 is 1.17 bits per heavy atom. The van der Waals surface area contributed by atoms with Crippen molar-refractivity contribution in [3.63, 3.8) is 0 Å². The number of anilines is 1. The lowest BCUT2D eigenvalue weighted by atomic mass is 10.3. The number of hydrogen-bond donors (Lipinski definition) is 1. The molecular formula is C12H11N5O. The molecule has 2 aromatic heterocycles. The molecule has 0 radical (unpaired) electrons. The van der Waals surface area contributed by atoms with E-state index in [1.807, 2.05) is 30.5 Å². The topological polar surface area (TPSA) is 78.3 Å². The molecule has 0 aliphatic carbocycles. The van der Waals surface area contributed by atoms with Gasteiger partial charge in [-0.05, 0) is 18.2 Å². The quantitative estimate of drug-likeness (QED) is 0.699. The Labute approximate surface area is 103 Å². The average Bonchev–Trinajstić information content (AvgIpc) is 2.81. The number of fused-ring (bicyclic) bond motifs is 1. The van der Waals surface area contributed by atoms with Gasteiger partial charge in [-0.25, -0.2) is 4.98 Å². The number of aromatic nitrogens is 4. The fourth-order valence-corrected chi connectivity index (χ4v) is 1.64. The maximum Gasteiger partial charge on any atom is 0.255 e. The van der Waals surface area contributed by atoms with Gasteiger partial charge in [0.1, 0.15) is 12.4 Å². The van der Waals surface area contributed by atoms with Gasteiger partial charge in [0.2, 0.25) is 0 Å². The highest BCUT2D eigenvalue weighted by molar-refractivity contribution is 5.51. The summed E-state index contributed by atoms with van der Waals surface area (Å²) in [5, 5.41) is 7.97. The molecule has 0 atom stereocenters. The van der Waals surface area contributed by atoms with Crippen LogP contribution in [-0.4, -0.2) is 19.6 Å². The first kappa shape index (κ1) is 10.5. The van der Waals surface area contributed by atoms with Crippen LogP contribution < -0.4 is 10.5 Å². The molecule has 2 N–H and O–H groups in total. The van der Waals surface area contributed by atoms with E-state index in [1.165, 1.54) is 0 Å². The summed E-state index contributed by atoms with van der Waals surface area (Å²) in [6.07, 6.45) is 3.51. The van der Waals surface area contributed by atoms with Crippen LogP contribution in [0.15, 0.2) is 42.7 Å². The van der Waals surface area contributed by atoms with Gasteiger partial charge in [-0.3, -0.25) is 4.40 Å².